The number of nitriles is 1. The smallest absolute Gasteiger partial charge is 0.406 e. The number of halogens is 1. The van der Waals surface area contributed by atoms with Crippen molar-refractivity contribution in [2.75, 3.05) is 25.5 Å². The van der Waals surface area contributed by atoms with E-state index in [1.165, 1.54) is 33.4 Å². The fraction of sp³-hybridized carbons (Fsp3) is 0.462. The van der Waals surface area contributed by atoms with Gasteiger partial charge in [0.15, 0.2) is 0 Å². The van der Waals surface area contributed by atoms with Crippen LogP contribution < -0.4 is 20.6 Å². The summed E-state index contributed by atoms with van der Waals surface area (Å²) in [5, 5.41) is 32.0. The number of carbonyl (C=O) groups is 2. The van der Waals surface area contributed by atoms with Crippen molar-refractivity contribution in [1.82, 2.24) is 20.7 Å². The Morgan fingerprint density at radius 3 is 2.76 bits per heavy atom. The van der Waals surface area contributed by atoms with Gasteiger partial charge in [0.25, 0.3) is 5.91 Å². The molecule has 1 saturated carbocycles. The molecule has 1 aliphatic carbocycles. The lowest BCUT2D eigenvalue weighted by atomic mass is 9.80. The topological polar surface area (TPSA) is 153 Å². The molecule has 0 bridgehead atoms. The standard InChI is InChI=1S/C26H30FN7O4/c1-26(2,37)23(27)14-30-24(35)19-13-29-21(22-5-4-18-8-16(10-28)12-32-34(18)22)9-20(19)33-17-6-15(7-17)11-31-25(36)38-3/h4-5,8-9,12-13,15,17,22-23,37H,6-7,11,14H2,1-3H3,(H2-,29,30,31,33,35,36)/p+1/t15?,17?,22?,23-/m1/s1. The summed E-state index contributed by atoms with van der Waals surface area (Å²) in [5.41, 5.74) is 1.02. The second-order valence-corrected chi connectivity index (χ2v) is 10.1. The number of aliphatic hydroxyl groups is 1. The third-order valence-electron chi connectivity index (χ3n) is 6.73. The number of hydrogen-bond donors (Lipinski definition) is 4. The lowest BCUT2D eigenvalue weighted by Crippen LogP contribution is -2.44. The minimum absolute atomic E-state index is 0.0573. The van der Waals surface area contributed by atoms with Crippen LogP contribution >= 0.6 is 0 Å². The Labute approximate surface area is 219 Å². The number of allylic oxidation sites excluding steroid dienone is 1. The van der Waals surface area contributed by atoms with E-state index in [2.05, 4.69) is 36.8 Å². The molecule has 0 spiro atoms. The highest BCUT2D eigenvalue weighted by Crippen LogP contribution is 2.32. The number of aromatic nitrogens is 3. The number of alkyl halides is 1. The number of nitrogens with one attached hydrogen (secondary N) is 3. The zero-order chi connectivity index (χ0) is 27.4. The normalized spacial score (nSPS) is 20.5. The van der Waals surface area contributed by atoms with Crippen LogP contribution in [0.1, 0.15) is 60.0 Å². The summed E-state index contributed by atoms with van der Waals surface area (Å²) in [7, 11) is 1.31. The molecule has 4 rings (SSSR count). The molecule has 0 aromatic carbocycles. The van der Waals surface area contributed by atoms with Crippen molar-refractivity contribution in [1.29, 1.82) is 5.26 Å². The van der Waals surface area contributed by atoms with Crippen LogP contribution in [0.5, 0.6) is 0 Å². The maximum Gasteiger partial charge on any atom is 0.406 e. The Morgan fingerprint density at radius 1 is 1.32 bits per heavy atom. The molecule has 0 saturated heterocycles. The first kappa shape index (κ1) is 26.9. The summed E-state index contributed by atoms with van der Waals surface area (Å²) in [5.74, 6) is -0.253. The molecule has 4 N–H and O–H groups in total. The molecule has 12 heteroatoms. The van der Waals surface area contributed by atoms with Crippen molar-refractivity contribution < 1.29 is 28.5 Å². The number of rotatable bonds is 9. The number of hydrogen-bond acceptors (Lipinski definition) is 8. The van der Waals surface area contributed by atoms with Crippen LogP contribution in [-0.2, 0) is 4.74 Å². The van der Waals surface area contributed by atoms with Crippen molar-refractivity contribution in [3.63, 3.8) is 0 Å². The molecule has 1 unspecified atom stereocenters. The summed E-state index contributed by atoms with van der Waals surface area (Å²) < 4.78 is 20.6. The van der Waals surface area contributed by atoms with E-state index in [9.17, 15) is 19.1 Å². The summed E-state index contributed by atoms with van der Waals surface area (Å²) in [6, 6.07) is 5.30. The highest BCUT2D eigenvalue weighted by molar-refractivity contribution is 5.99. The van der Waals surface area contributed by atoms with Gasteiger partial charge >= 0.3 is 6.09 Å². The SMILES string of the molecule is COC(=O)NCC1CC(Nc2cc(C3C=Cc4cc(C#N)cn[n+]43)ncc2C(=O)NC[C@@H](F)C(C)(C)O)C1. The van der Waals surface area contributed by atoms with E-state index in [1.807, 2.05) is 12.2 Å². The maximum absolute atomic E-state index is 14.2. The third-order valence-corrected chi connectivity index (χ3v) is 6.73. The number of fused-ring (bicyclic) bond motifs is 1. The molecule has 2 aliphatic rings. The molecule has 1 fully saturated rings. The van der Waals surface area contributed by atoms with Gasteiger partial charge in [-0.2, -0.15) is 5.26 Å². The quantitative estimate of drug-likeness (QED) is 0.361. The predicted molar refractivity (Wildman–Crippen MR) is 135 cm³/mol. The molecule has 0 radical (unpaired) electrons. The van der Waals surface area contributed by atoms with E-state index in [1.54, 1.807) is 16.8 Å². The second-order valence-electron chi connectivity index (χ2n) is 10.1. The summed E-state index contributed by atoms with van der Waals surface area (Å²) in [6.45, 7) is 2.82. The summed E-state index contributed by atoms with van der Waals surface area (Å²) in [6.07, 6.45) is 6.11. The Hall–Kier alpha value is -4.11. The van der Waals surface area contributed by atoms with Gasteiger partial charge in [0.1, 0.15) is 24.1 Å². The van der Waals surface area contributed by atoms with E-state index in [0.717, 1.165) is 18.5 Å². The number of amides is 2. The van der Waals surface area contributed by atoms with Crippen LogP contribution in [0.15, 0.2) is 30.6 Å². The number of alkyl carbamates (subject to hydrolysis) is 1. The highest BCUT2D eigenvalue weighted by atomic mass is 19.1. The van der Waals surface area contributed by atoms with Crippen molar-refractivity contribution in [2.45, 2.75) is 50.5 Å². The predicted octanol–water partition coefficient (Wildman–Crippen LogP) is 1.64. The van der Waals surface area contributed by atoms with Crippen LogP contribution in [0.4, 0.5) is 14.9 Å². The van der Waals surface area contributed by atoms with Crippen LogP contribution in [0.2, 0.25) is 0 Å². The van der Waals surface area contributed by atoms with E-state index in [4.69, 9.17) is 5.26 Å². The number of methoxy groups -OCH3 is 1. The minimum atomic E-state index is -1.65. The Bertz CT molecular complexity index is 1280. The number of nitrogens with zero attached hydrogens (tertiary/aromatic N) is 4. The number of pyridine rings is 1. The van der Waals surface area contributed by atoms with Gasteiger partial charge in [0.05, 0.1) is 36.1 Å². The minimum Gasteiger partial charge on any atom is -0.453 e. The molecular formula is C26H31FN7O4+. The van der Waals surface area contributed by atoms with Crippen LogP contribution in [0.3, 0.4) is 0 Å². The largest absolute Gasteiger partial charge is 0.453 e. The molecule has 1 aliphatic heterocycles. The second kappa shape index (κ2) is 11.1. The van der Waals surface area contributed by atoms with Gasteiger partial charge in [-0.3, -0.25) is 9.78 Å². The van der Waals surface area contributed by atoms with Gasteiger partial charge in [0, 0.05) is 30.9 Å². The van der Waals surface area contributed by atoms with E-state index >= 15 is 0 Å². The van der Waals surface area contributed by atoms with Gasteiger partial charge < -0.3 is 25.8 Å². The van der Waals surface area contributed by atoms with Gasteiger partial charge in [-0.15, -0.1) is 0 Å². The fourth-order valence-corrected chi connectivity index (χ4v) is 4.37. The zero-order valence-electron chi connectivity index (χ0n) is 21.4. The Morgan fingerprint density at radius 2 is 2.08 bits per heavy atom. The van der Waals surface area contributed by atoms with E-state index in [-0.39, 0.29) is 30.1 Å². The van der Waals surface area contributed by atoms with Crippen LogP contribution in [0, 0.1) is 17.2 Å². The monoisotopic (exact) mass is 524 g/mol. The number of anilines is 1. The molecule has 11 nitrogen and oxygen atoms in total. The van der Waals surface area contributed by atoms with Crippen LogP contribution in [-0.4, -0.2) is 65.2 Å². The van der Waals surface area contributed by atoms with Crippen molar-refractivity contribution in [3.8, 4) is 6.07 Å². The molecule has 38 heavy (non-hydrogen) atoms. The van der Waals surface area contributed by atoms with Crippen molar-refractivity contribution >= 4 is 23.8 Å². The lowest BCUT2D eigenvalue weighted by Gasteiger charge is -2.37. The molecule has 2 aromatic heterocycles. The van der Waals surface area contributed by atoms with Crippen molar-refractivity contribution in [2.24, 2.45) is 5.92 Å². The van der Waals surface area contributed by atoms with Crippen LogP contribution in [0.25, 0.3) is 6.08 Å². The first-order valence-electron chi connectivity index (χ1n) is 12.3. The zero-order valence-corrected chi connectivity index (χ0v) is 21.4. The molecule has 200 valence electrons. The molecule has 3 heterocycles. The molecule has 2 atom stereocenters. The molecular weight excluding hydrogens is 493 g/mol. The third kappa shape index (κ3) is 6.06. The molecule has 2 amide bonds. The number of carbonyl (C=O) groups excluding carboxylic acids is 2. The molecule has 2 aromatic rings. The average Bonchev–Trinajstić information content (AvgIpc) is 3.30. The summed E-state index contributed by atoms with van der Waals surface area (Å²) in [4.78, 5) is 28.8. The summed E-state index contributed by atoms with van der Waals surface area (Å²) >= 11 is 0. The van der Waals surface area contributed by atoms with Gasteiger partial charge in [-0.1, -0.05) is 4.68 Å². The number of ether oxygens (including phenoxy) is 1. The Kier molecular flexibility index (Phi) is 7.87. The van der Waals surface area contributed by atoms with E-state index in [0.29, 0.717) is 23.5 Å². The maximum atomic E-state index is 14.2. The fourth-order valence-electron chi connectivity index (χ4n) is 4.37. The van der Waals surface area contributed by atoms with Gasteiger partial charge in [0.2, 0.25) is 11.7 Å². The average molecular weight is 525 g/mol. The first-order valence-corrected chi connectivity index (χ1v) is 12.3. The Balaban J connectivity index is 1.53. The van der Waals surface area contributed by atoms with Gasteiger partial charge in [-0.25, -0.2) is 9.18 Å². The van der Waals surface area contributed by atoms with Gasteiger partial charge in [-0.05, 0) is 49.8 Å². The first-order chi connectivity index (χ1) is 18.1. The highest BCUT2D eigenvalue weighted by Gasteiger charge is 2.34. The van der Waals surface area contributed by atoms with Crippen molar-refractivity contribution in [3.05, 3.63) is 53.1 Å². The van der Waals surface area contributed by atoms with E-state index < -0.39 is 23.8 Å². The lowest BCUT2D eigenvalue weighted by molar-refractivity contribution is -0.757.